The van der Waals surface area contributed by atoms with E-state index in [1.54, 1.807) is 0 Å². The van der Waals surface area contributed by atoms with Crippen LogP contribution in [-0.2, 0) is 0 Å². The largest absolute Gasteiger partial charge is 0.116 e. The maximum Gasteiger partial charge on any atom is 0.116 e. The van der Waals surface area contributed by atoms with Gasteiger partial charge in [0.2, 0.25) is 0 Å². The second-order valence-electron chi connectivity index (χ2n) is 1.68. The van der Waals surface area contributed by atoms with Crippen molar-refractivity contribution in [1.29, 1.82) is 0 Å². The normalized spacial score (nSPS) is 10.9. The minimum atomic E-state index is -0.556. The maximum atomic E-state index is 7.96. The predicted molar refractivity (Wildman–Crippen MR) is 37.0 cm³/mol. The van der Waals surface area contributed by atoms with Gasteiger partial charge in [-0.05, 0) is 17.5 Å². The van der Waals surface area contributed by atoms with Gasteiger partial charge in [0, 0.05) is 9.82 Å². The third-order valence-electron chi connectivity index (χ3n) is 0.917. The maximum absolute atomic E-state index is 7.96. The van der Waals surface area contributed by atoms with Crippen LogP contribution in [0.1, 0.15) is 19.8 Å². The first-order valence-corrected chi connectivity index (χ1v) is 2.93. The van der Waals surface area contributed by atoms with Crippen molar-refractivity contribution in [1.82, 2.24) is 0 Å². The van der Waals surface area contributed by atoms with Crippen LogP contribution in [0.2, 0.25) is 0 Å². The van der Waals surface area contributed by atoms with E-state index in [2.05, 4.69) is 20.1 Å². The highest BCUT2D eigenvalue weighted by atomic mass is 15.3. The van der Waals surface area contributed by atoms with Gasteiger partial charge < -0.3 is 0 Å². The van der Waals surface area contributed by atoms with Gasteiger partial charge in [-0.25, -0.2) is 0 Å². The Kier molecular flexibility index (Phi) is 4.96. The molecule has 6 nitrogen and oxygen atoms in total. The molecule has 0 heterocycles. The monoisotopic (exact) mass is 140 g/mol. The van der Waals surface area contributed by atoms with Gasteiger partial charge in [0.15, 0.2) is 0 Å². The Balaban J connectivity index is 3.96. The van der Waals surface area contributed by atoms with Crippen LogP contribution in [0.25, 0.3) is 20.9 Å². The Morgan fingerprint density at radius 2 is 1.80 bits per heavy atom. The molecule has 0 bridgehead atoms. The van der Waals surface area contributed by atoms with Gasteiger partial charge in [-0.2, -0.15) is 0 Å². The zero-order valence-electron chi connectivity index (χ0n) is 5.67. The fourth-order valence-corrected chi connectivity index (χ4v) is 0.516. The summed E-state index contributed by atoms with van der Waals surface area (Å²) in [5.74, 6) is 0. The van der Waals surface area contributed by atoms with Crippen molar-refractivity contribution in [3.8, 4) is 0 Å². The number of hydrogen-bond acceptors (Lipinski definition) is 2. The van der Waals surface area contributed by atoms with Crippen LogP contribution in [0, 0.1) is 0 Å². The summed E-state index contributed by atoms with van der Waals surface area (Å²) in [6.07, 6.45) is 0.886. The molecule has 0 unspecified atom stereocenters. The van der Waals surface area contributed by atoms with E-state index >= 15 is 0 Å². The lowest BCUT2D eigenvalue weighted by Gasteiger charge is -1.97. The lowest BCUT2D eigenvalue weighted by molar-refractivity contribution is 0.620. The third-order valence-corrected chi connectivity index (χ3v) is 0.917. The van der Waals surface area contributed by atoms with Gasteiger partial charge in [0.05, 0.1) is 0 Å². The van der Waals surface area contributed by atoms with Gasteiger partial charge in [0.25, 0.3) is 0 Å². The van der Waals surface area contributed by atoms with Crippen LogP contribution in [0.15, 0.2) is 10.2 Å². The van der Waals surface area contributed by atoms with Crippen molar-refractivity contribution in [2.75, 3.05) is 0 Å². The van der Waals surface area contributed by atoms with Crippen molar-refractivity contribution >= 4 is 0 Å². The molecule has 0 aliphatic carbocycles. The molecule has 54 valence electrons. The fourth-order valence-electron chi connectivity index (χ4n) is 0.516. The summed E-state index contributed by atoms with van der Waals surface area (Å²) in [7, 11) is 0. The summed E-state index contributed by atoms with van der Waals surface area (Å²) in [4.78, 5) is 5.07. The molecule has 0 atom stereocenters. The fraction of sp³-hybridized carbons (Fsp3) is 1.00. The van der Waals surface area contributed by atoms with Gasteiger partial charge in [-0.15, -0.1) is 0 Å². The highest BCUT2D eigenvalue weighted by Gasteiger charge is 1.98. The van der Waals surface area contributed by atoms with E-state index in [0.717, 1.165) is 6.42 Å². The minimum absolute atomic E-state index is 0.556. The third kappa shape index (κ3) is 3.60. The summed E-state index contributed by atoms with van der Waals surface area (Å²) in [5, 5.41) is 6.53. The van der Waals surface area contributed by atoms with Gasteiger partial charge >= 0.3 is 0 Å². The quantitative estimate of drug-likeness (QED) is 0.326. The molecule has 0 spiro atoms. The Labute approximate surface area is 58.1 Å². The van der Waals surface area contributed by atoms with E-state index in [1.165, 1.54) is 0 Å². The molecule has 0 N–H and O–H groups in total. The van der Waals surface area contributed by atoms with Gasteiger partial charge in [-0.3, -0.25) is 0 Å². The Morgan fingerprint density at radius 3 is 2.10 bits per heavy atom. The average molecular weight is 140 g/mol. The molecule has 0 saturated heterocycles. The SMILES string of the molecule is CCCC(N=[N+]=[N-])N=[N+]=[N-]. The molecule has 0 rings (SSSR count). The topological polar surface area (TPSA) is 97.5 Å². The molecule has 0 saturated carbocycles. The summed E-state index contributed by atoms with van der Waals surface area (Å²) in [6, 6.07) is 0. The summed E-state index contributed by atoms with van der Waals surface area (Å²) >= 11 is 0. The van der Waals surface area contributed by atoms with E-state index < -0.39 is 6.17 Å². The van der Waals surface area contributed by atoms with Crippen molar-refractivity contribution in [3.63, 3.8) is 0 Å². The van der Waals surface area contributed by atoms with Crippen LogP contribution in [0.3, 0.4) is 0 Å². The average Bonchev–Trinajstić information content (AvgIpc) is 1.90. The van der Waals surface area contributed by atoms with Crippen molar-refractivity contribution in [3.05, 3.63) is 20.9 Å². The zero-order valence-corrected chi connectivity index (χ0v) is 5.67. The second-order valence-corrected chi connectivity index (χ2v) is 1.68. The van der Waals surface area contributed by atoms with E-state index in [4.69, 9.17) is 11.1 Å². The van der Waals surface area contributed by atoms with E-state index in [-0.39, 0.29) is 0 Å². The minimum Gasteiger partial charge on any atom is -0.0846 e. The summed E-state index contributed by atoms with van der Waals surface area (Å²) in [5.41, 5.74) is 15.9. The van der Waals surface area contributed by atoms with Crippen LogP contribution < -0.4 is 0 Å². The molecule has 0 aliphatic heterocycles. The molecule has 10 heavy (non-hydrogen) atoms. The molecule has 0 fully saturated rings. The molecule has 0 aromatic carbocycles. The van der Waals surface area contributed by atoms with Crippen LogP contribution in [0.5, 0.6) is 0 Å². The molecule has 0 aromatic heterocycles. The molecule has 0 aromatic rings. The predicted octanol–water partition coefficient (Wildman–Crippen LogP) is 2.73. The van der Waals surface area contributed by atoms with Crippen LogP contribution >= 0.6 is 0 Å². The van der Waals surface area contributed by atoms with Gasteiger partial charge in [0.1, 0.15) is 6.17 Å². The van der Waals surface area contributed by atoms with Gasteiger partial charge in [-0.1, -0.05) is 23.6 Å². The van der Waals surface area contributed by atoms with Crippen LogP contribution in [0.4, 0.5) is 0 Å². The molecular weight excluding hydrogens is 132 g/mol. The highest BCUT2D eigenvalue weighted by Crippen LogP contribution is 2.03. The lowest BCUT2D eigenvalue weighted by atomic mass is 10.3. The summed E-state index contributed by atoms with van der Waals surface area (Å²) < 4.78 is 0. The number of hydrogen-bond donors (Lipinski definition) is 0. The number of azide groups is 1. The molecule has 0 radical (unpaired) electrons. The second kappa shape index (κ2) is 5.75. The van der Waals surface area contributed by atoms with Crippen molar-refractivity contribution in [2.24, 2.45) is 10.2 Å². The smallest absolute Gasteiger partial charge is 0.0846 e. The first kappa shape index (κ1) is 8.62. The van der Waals surface area contributed by atoms with E-state index in [1.807, 2.05) is 6.92 Å². The number of nitrogens with zero attached hydrogens (tertiary/aromatic N) is 6. The molecular formula is C4H8N6. The standard InChI is InChI=1S/C4H8N6/c1-2-3-4(7-9-5)8-10-6/h4H,2-3H2,1H3. The van der Waals surface area contributed by atoms with E-state index in [0.29, 0.717) is 6.42 Å². The number of rotatable bonds is 4. The molecule has 6 heteroatoms. The zero-order chi connectivity index (χ0) is 7.82. The molecule has 0 amide bonds. The Morgan fingerprint density at radius 1 is 1.30 bits per heavy atom. The molecule has 0 aliphatic rings. The first-order valence-electron chi connectivity index (χ1n) is 2.93. The Hall–Kier alpha value is -1.38. The highest BCUT2D eigenvalue weighted by molar-refractivity contribution is 4.63. The van der Waals surface area contributed by atoms with Crippen LogP contribution in [-0.4, -0.2) is 6.17 Å². The lowest BCUT2D eigenvalue weighted by Crippen LogP contribution is -1.95. The van der Waals surface area contributed by atoms with E-state index in [9.17, 15) is 0 Å². The van der Waals surface area contributed by atoms with Crippen molar-refractivity contribution in [2.45, 2.75) is 25.9 Å². The Bertz CT molecular complexity index is 156. The summed E-state index contributed by atoms with van der Waals surface area (Å²) in [6.45, 7) is 1.92. The van der Waals surface area contributed by atoms with Crippen molar-refractivity contribution < 1.29 is 0 Å². The first-order chi connectivity index (χ1) is 4.85.